The second kappa shape index (κ2) is 4.71. The third kappa shape index (κ3) is 2.13. The molecular weight excluding hydrogens is 234 g/mol. The van der Waals surface area contributed by atoms with Crippen LogP contribution in [0.2, 0.25) is 0 Å². The van der Waals surface area contributed by atoms with Crippen LogP contribution in [0.3, 0.4) is 0 Å². The smallest absolute Gasteiger partial charge is 0.142 e. The van der Waals surface area contributed by atoms with Gasteiger partial charge in [-0.05, 0) is 31.0 Å². The zero-order valence-corrected chi connectivity index (χ0v) is 11.2. The molecule has 3 rings (SSSR count). The van der Waals surface area contributed by atoms with Crippen molar-refractivity contribution in [3.63, 3.8) is 0 Å². The first-order valence-corrected chi connectivity index (χ1v) is 6.79. The monoisotopic (exact) mass is 253 g/mol. The zero-order chi connectivity index (χ0) is 13.3. The minimum atomic E-state index is -0.831. The van der Waals surface area contributed by atoms with E-state index in [1.54, 1.807) is 0 Å². The summed E-state index contributed by atoms with van der Waals surface area (Å²) in [6.07, 6.45) is 0.978. The molecular formula is C17H19NO. The summed E-state index contributed by atoms with van der Waals surface area (Å²) in [4.78, 5) is 2.10. The lowest BCUT2D eigenvalue weighted by Crippen LogP contribution is -2.44. The minimum Gasteiger partial charge on any atom is -0.371 e. The first kappa shape index (κ1) is 12.2. The van der Waals surface area contributed by atoms with Crippen LogP contribution < -0.4 is 4.90 Å². The average Bonchev–Trinajstić information content (AvgIpc) is 2.76. The molecule has 1 heterocycles. The largest absolute Gasteiger partial charge is 0.371 e. The number of nitrogens with zero attached hydrogens (tertiary/aromatic N) is 1. The van der Waals surface area contributed by atoms with Crippen LogP contribution >= 0.6 is 0 Å². The lowest BCUT2D eigenvalue weighted by Gasteiger charge is -2.36. The number of para-hydroxylation sites is 1. The Labute approximate surface area is 114 Å². The molecule has 0 aromatic heterocycles. The fraction of sp³-hybridized carbons (Fsp3) is 0.294. The van der Waals surface area contributed by atoms with Gasteiger partial charge in [0.1, 0.15) is 5.72 Å². The Kier molecular flexibility index (Phi) is 3.03. The maximum Gasteiger partial charge on any atom is 0.142 e. The van der Waals surface area contributed by atoms with Gasteiger partial charge in [-0.1, -0.05) is 48.5 Å². The van der Waals surface area contributed by atoms with E-state index >= 15 is 0 Å². The molecule has 1 fully saturated rings. The fourth-order valence-corrected chi connectivity index (χ4v) is 3.11. The van der Waals surface area contributed by atoms with Crippen LogP contribution in [0.5, 0.6) is 0 Å². The highest BCUT2D eigenvalue weighted by Gasteiger charge is 2.44. The van der Waals surface area contributed by atoms with Gasteiger partial charge < -0.3 is 10.0 Å². The van der Waals surface area contributed by atoms with Gasteiger partial charge in [-0.3, -0.25) is 0 Å². The van der Waals surface area contributed by atoms with Gasteiger partial charge >= 0.3 is 0 Å². The van der Waals surface area contributed by atoms with Gasteiger partial charge in [0.15, 0.2) is 0 Å². The standard InChI is InChI=1S/C17H19NO/c1-17(19)16(14-8-4-2-5-9-14)12-13-18(17)15-10-6-3-7-11-15/h2-11,16,19H,12-13H2,1H3/t16-,17+/m0/s1. The molecule has 0 spiro atoms. The van der Waals surface area contributed by atoms with Crippen LogP contribution in [0.25, 0.3) is 0 Å². The highest BCUT2D eigenvalue weighted by atomic mass is 16.3. The van der Waals surface area contributed by atoms with Crippen LogP contribution in [0.1, 0.15) is 24.8 Å². The third-order valence-electron chi connectivity index (χ3n) is 4.12. The highest BCUT2D eigenvalue weighted by Crippen LogP contribution is 2.42. The van der Waals surface area contributed by atoms with E-state index < -0.39 is 5.72 Å². The maximum absolute atomic E-state index is 10.9. The van der Waals surface area contributed by atoms with E-state index in [1.165, 1.54) is 5.56 Å². The van der Waals surface area contributed by atoms with Crippen molar-refractivity contribution in [2.75, 3.05) is 11.4 Å². The Balaban J connectivity index is 1.92. The Morgan fingerprint density at radius 3 is 2.21 bits per heavy atom. The van der Waals surface area contributed by atoms with Gasteiger partial charge in [0.25, 0.3) is 0 Å². The summed E-state index contributed by atoms with van der Waals surface area (Å²) in [6.45, 7) is 2.81. The van der Waals surface area contributed by atoms with E-state index in [2.05, 4.69) is 29.2 Å². The van der Waals surface area contributed by atoms with Crippen molar-refractivity contribution in [2.45, 2.75) is 25.0 Å². The molecule has 0 aliphatic carbocycles. The summed E-state index contributed by atoms with van der Waals surface area (Å²) >= 11 is 0. The number of rotatable bonds is 2. The molecule has 98 valence electrons. The molecule has 0 saturated carbocycles. The molecule has 0 amide bonds. The Morgan fingerprint density at radius 2 is 1.58 bits per heavy atom. The van der Waals surface area contributed by atoms with Crippen molar-refractivity contribution in [3.8, 4) is 0 Å². The highest BCUT2D eigenvalue weighted by molar-refractivity contribution is 5.51. The lowest BCUT2D eigenvalue weighted by atomic mass is 9.90. The SMILES string of the molecule is C[C@@]1(O)[C@H](c2ccccc2)CCN1c1ccccc1. The van der Waals surface area contributed by atoms with Gasteiger partial charge in [-0.25, -0.2) is 0 Å². The van der Waals surface area contributed by atoms with Crippen LogP contribution in [-0.2, 0) is 0 Å². The molecule has 2 heteroatoms. The summed E-state index contributed by atoms with van der Waals surface area (Å²) in [6, 6.07) is 20.5. The summed E-state index contributed by atoms with van der Waals surface area (Å²) in [5.41, 5.74) is 1.47. The van der Waals surface area contributed by atoms with Gasteiger partial charge in [-0.15, -0.1) is 0 Å². The Hall–Kier alpha value is -1.80. The topological polar surface area (TPSA) is 23.5 Å². The molecule has 0 radical (unpaired) electrons. The van der Waals surface area contributed by atoms with E-state index in [0.717, 1.165) is 18.7 Å². The van der Waals surface area contributed by atoms with Gasteiger partial charge in [0.05, 0.1) is 0 Å². The van der Waals surface area contributed by atoms with E-state index in [9.17, 15) is 5.11 Å². The molecule has 0 unspecified atom stereocenters. The molecule has 2 nitrogen and oxygen atoms in total. The van der Waals surface area contributed by atoms with Crippen molar-refractivity contribution in [3.05, 3.63) is 66.2 Å². The van der Waals surface area contributed by atoms with E-state index in [4.69, 9.17) is 0 Å². The second-order valence-electron chi connectivity index (χ2n) is 5.33. The zero-order valence-electron chi connectivity index (χ0n) is 11.2. The quantitative estimate of drug-likeness (QED) is 0.886. The molecule has 1 aliphatic heterocycles. The lowest BCUT2D eigenvalue weighted by molar-refractivity contribution is 0.0526. The van der Waals surface area contributed by atoms with Crippen LogP contribution in [0.15, 0.2) is 60.7 Å². The van der Waals surface area contributed by atoms with Crippen LogP contribution in [0.4, 0.5) is 5.69 Å². The number of aliphatic hydroxyl groups is 1. The van der Waals surface area contributed by atoms with Gasteiger partial charge in [0.2, 0.25) is 0 Å². The fourth-order valence-electron chi connectivity index (χ4n) is 3.11. The molecule has 1 N–H and O–H groups in total. The molecule has 1 aliphatic rings. The van der Waals surface area contributed by atoms with E-state index in [-0.39, 0.29) is 5.92 Å². The van der Waals surface area contributed by atoms with Crippen molar-refractivity contribution in [2.24, 2.45) is 0 Å². The molecule has 2 aromatic carbocycles. The second-order valence-corrected chi connectivity index (χ2v) is 5.33. The molecule has 19 heavy (non-hydrogen) atoms. The van der Waals surface area contributed by atoms with Crippen molar-refractivity contribution < 1.29 is 5.11 Å². The molecule has 2 atom stereocenters. The number of hydrogen-bond acceptors (Lipinski definition) is 2. The molecule has 2 aromatic rings. The van der Waals surface area contributed by atoms with E-state index in [1.807, 2.05) is 43.3 Å². The van der Waals surface area contributed by atoms with Crippen molar-refractivity contribution in [1.29, 1.82) is 0 Å². The van der Waals surface area contributed by atoms with Crippen molar-refractivity contribution in [1.82, 2.24) is 0 Å². The number of anilines is 1. The van der Waals surface area contributed by atoms with Crippen LogP contribution in [-0.4, -0.2) is 17.4 Å². The maximum atomic E-state index is 10.9. The average molecular weight is 253 g/mol. The van der Waals surface area contributed by atoms with Crippen molar-refractivity contribution >= 4 is 5.69 Å². The summed E-state index contributed by atoms with van der Waals surface area (Å²) in [5, 5.41) is 10.9. The number of benzene rings is 2. The Morgan fingerprint density at radius 1 is 1.00 bits per heavy atom. The minimum absolute atomic E-state index is 0.161. The summed E-state index contributed by atoms with van der Waals surface area (Å²) in [7, 11) is 0. The molecule has 0 bridgehead atoms. The number of hydrogen-bond donors (Lipinski definition) is 1. The van der Waals surface area contributed by atoms with E-state index in [0.29, 0.717) is 0 Å². The predicted octanol–water partition coefficient (Wildman–Crippen LogP) is 3.39. The normalized spacial score (nSPS) is 26.6. The van der Waals surface area contributed by atoms with Gasteiger partial charge in [-0.2, -0.15) is 0 Å². The third-order valence-corrected chi connectivity index (χ3v) is 4.12. The first-order chi connectivity index (χ1) is 9.19. The summed E-state index contributed by atoms with van der Waals surface area (Å²) in [5.74, 6) is 0.161. The Bertz CT molecular complexity index is 486. The summed E-state index contributed by atoms with van der Waals surface area (Å²) < 4.78 is 0. The molecule has 1 saturated heterocycles. The van der Waals surface area contributed by atoms with Crippen LogP contribution in [0, 0.1) is 0 Å². The first-order valence-electron chi connectivity index (χ1n) is 6.79. The van der Waals surface area contributed by atoms with Gasteiger partial charge in [0, 0.05) is 18.2 Å². The predicted molar refractivity (Wildman–Crippen MR) is 78.2 cm³/mol.